The first-order valence-electron chi connectivity index (χ1n) is 13.5. The first-order valence-corrected chi connectivity index (χ1v) is 13.5. The van der Waals surface area contributed by atoms with Crippen molar-refractivity contribution in [2.45, 2.75) is 99.0 Å². The summed E-state index contributed by atoms with van der Waals surface area (Å²) < 4.78 is 0. The van der Waals surface area contributed by atoms with Gasteiger partial charge < -0.3 is 15.3 Å². The Labute approximate surface area is 213 Å². The van der Waals surface area contributed by atoms with Crippen LogP contribution in [0.15, 0.2) is 46.6 Å². The molecule has 0 radical (unpaired) electrons. The normalized spacial score (nSPS) is 35.2. The summed E-state index contributed by atoms with van der Waals surface area (Å²) in [5, 5.41) is 31.7. The molecule has 0 heterocycles. The van der Waals surface area contributed by atoms with Crippen molar-refractivity contribution in [2.75, 3.05) is 13.2 Å². The van der Waals surface area contributed by atoms with Crippen LogP contribution in [0.3, 0.4) is 0 Å². The van der Waals surface area contributed by atoms with Gasteiger partial charge >= 0.3 is 0 Å². The molecule has 0 spiro atoms. The van der Waals surface area contributed by atoms with E-state index in [4.69, 9.17) is 0 Å². The second-order valence-corrected chi connectivity index (χ2v) is 12.1. The molecule has 5 atom stereocenters. The minimum atomic E-state index is -1.05. The molecule has 4 heteroatoms. The molecule has 0 aliphatic heterocycles. The number of carbonyl (C=O) groups is 1. The maximum absolute atomic E-state index is 11.6. The molecule has 198 valence electrons. The highest BCUT2D eigenvalue weighted by atomic mass is 16.3. The first kappa shape index (κ1) is 29.7. The van der Waals surface area contributed by atoms with Crippen LogP contribution in [0.25, 0.3) is 0 Å². The van der Waals surface area contributed by atoms with Crippen molar-refractivity contribution in [3.63, 3.8) is 0 Å². The Morgan fingerprint density at radius 2 is 1.89 bits per heavy atom. The highest BCUT2D eigenvalue weighted by Crippen LogP contribution is 2.55. The number of aldehydes is 1. The van der Waals surface area contributed by atoms with Crippen molar-refractivity contribution in [1.82, 2.24) is 0 Å². The van der Waals surface area contributed by atoms with E-state index in [-0.39, 0.29) is 24.5 Å². The van der Waals surface area contributed by atoms with Gasteiger partial charge in [-0.1, -0.05) is 61.8 Å². The van der Waals surface area contributed by atoms with E-state index in [0.29, 0.717) is 49.5 Å². The monoisotopic (exact) mass is 486 g/mol. The van der Waals surface area contributed by atoms with E-state index in [1.165, 1.54) is 11.1 Å². The zero-order valence-electron chi connectivity index (χ0n) is 23.2. The molecule has 0 aromatic heterocycles. The average molecular weight is 487 g/mol. The summed E-state index contributed by atoms with van der Waals surface area (Å²) in [6.45, 7) is 15.0. The van der Waals surface area contributed by atoms with Gasteiger partial charge in [0.15, 0.2) is 0 Å². The molecule has 2 aliphatic rings. The van der Waals surface area contributed by atoms with Crippen LogP contribution in [-0.2, 0) is 4.79 Å². The van der Waals surface area contributed by atoms with E-state index in [2.05, 4.69) is 58.9 Å². The summed E-state index contributed by atoms with van der Waals surface area (Å²) in [6, 6.07) is 0. The topological polar surface area (TPSA) is 77.8 Å². The standard InChI is InChI=1S/C31H50O4/c1-22(12-15-27-23(2)13-14-25(4)29(27,5)6)10-8-17-31(21-34)28(11-9-19-32)26(24(3)20-33)16-18-30(31,7)35/h10,12-13,15,20,25,27-28,32,34-35H,8-9,11,14,16-19,21H2,1-7H3/t25-,27?,28+,30-,31+/m0/s1. The van der Waals surface area contributed by atoms with Crippen molar-refractivity contribution >= 4 is 6.29 Å². The summed E-state index contributed by atoms with van der Waals surface area (Å²) >= 11 is 0. The SMILES string of the molecule is CC(C=CC1C(C)=CC[C@H](C)C1(C)C)=CCC[C@@]1(CO)[C@H](CCCO)C(=C(C)C=O)CC[C@]1(C)O. The molecule has 2 aliphatic carbocycles. The lowest BCUT2D eigenvalue weighted by atomic mass is 9.53. The second kappa shape index (κ2) is 12.2. The first-order chi connectivity index (χ1) is 16.4. The van der Waals surface area contributed by atoms with E-state index < -0.39 is 11.0 Å². The number of allylic oxidation sites excluding steroid dienone is 8. The van der Waals surface area contributed by atoms with E-state index in [9.17, 15) is 20.1 Å². The zero-order chi connectivity index (χ0) is 26.4. The Balaban J connectivity index is 2.28. The molecule has 1 fully saturated rings. The van der Waals surface area contributed by atoms with Gasteiger partial charge in [0, 0.05) is 17.9 Å². The largest absolute Gasteiger partial charge is 0.396 e. The summed E-state index contributed by atoms with van der Waals surface area (Å²) in [6.07, 6.45) is 14.9. The molecule has 1 saturated carbocycles. The van der Waals surface area contributed by atoms with E-state index >= 15 is 0 Å². The predicted octanol–water partition coefficient (Wildman–Crippen LogP) is 6.33. The van der Waals surface area contributed by atoms with Gasteiger partial charge in [-0.25, -0.2) is 0 Å². The molecule has 1 unspecified atom stereocenters. The number of carbonyl (C=O) groups excluding carboxylic acids is 1. The van der Waals surface area contributed by atoms with Crippen LogP contribution in [0.2, 0.25) is 0 Å². The summed E-state index contributed by atoms with van der Waals surface area (Å²) in [5.41, 5.74) is 2.77. The van der Waals surface area contributed by atoms with Gasteiger partial charge in [0.25, 0.3) is 0 Å². The lowest BCUT2D eigenvalue weighted by molar-refractivity contribution is -0.146. The Morgan fingerprint density at radius 3 is 2.49 bits per heavy atom. The van der Waals surface area contributed by atoms with Gasteiger partial charge in [-0.2, -0.15) is 0 Å². The zero-order valence-corrected chi connectivity index (χ0v) is 23.2. The number of hydrogen-bond donors (Lipinski definition) is 3. The second-order valence-electron chi connectivity index (χ2n) is 12.1. The van der Waals surface area contributed by atoms with Crippen LogP contribution in [0.4, 0.5) is 0 Å². The minimum absolute atomic E-state index is 0.0569. The van der Waals surface area contributed by atoms with Crippen LogP contribution >= 0.6 is 0 Å². The smallest absolute Gasteiger partial charge is 0.145 e. The van der Waals surface area contributed by atoms with Gasteiger partial charge in [-0.05, 0) is 95.5 Å². The summed E-state index contributed by atoms with van der Waals surface area (Å²) in [7, 11) is 0. The summed E-state index contributed by atoms with van der Waals surface area (Å²) in [4.78, 5) is 11.6. The third-order valence-electron chi connectivity index (χ3n) is 9.62. The Kier molecular flexibility index (Phi) is 10.3. The number of rotatable bonds is 10. The molecule has 0 saturated heterocycles. The third-order valence-corrected chi connectivity index (χ3v) is 9.62. The van der Waals surface area contributed by atoms with Crippen molar-refractivity contribution in [2.24, 2.45) is 28.6 Å². The fraction of sp³-hybridized carbons (Fsp3) is 0.710. The average Bonchev–Trinajstić information content (AvgIpc) is 2.80. The molecule has 3 N–H and O–H groups in total. The van der Waals surface area contributed by atoms with Crippen molar-refractivity contribution in [1.29, 1.82) is 0 Å². The van der Waals surface area contributed by atoms with Crippen molar-refractivity contribution in [3.05, 3.63) is 46.6 Å². The Bertz CT molecular complexity index is 857. The van der Waals surface area contributed by atoms with Gasteiger partial charge in [-0.3, -0.25) is 4.79 Å². The molecule has 0 aromatic rings. The quantitative estimate of drug-likeness (QED) is 0.146. The Hall–Kier alpha value is -1.49. The molecule has 2 rings (SSSR count). The summed E-state index contributed by atoms with van der Waals surface area (Å²) in [5.74, 6) is 0.922. The number of aliphatic hydroxyl groups is 3. The fourth-order valence-corrected chi connectivity index (χ4v) is 6.57. The molecule has 4 nitrogen and oxygen atoms in total. The van der Waals surface area contributed by atoms with Gasteiger partial charge in [0.2, 0.25) is 0 Å². The van der Waals surface area contributed by atoms with Crippen LogP contribution in [0.1, 0.15) is 93.4 Å². The molecule has 0 aromatic carbocycles. The van der Waals surface area contributed by atoms with Crippen LogP contribution in [0.5, 0.6) is 0 Å². The van der Waals surface area contributed by atoms with Gasteiger partial charge in [-0.15, -0.1) is 0 Å². The lowest BCUT2D eigenvalue weighted by Crippen LogP contribution is -2.56. The van der Waals surface area contributed by atoms with Gasteiger partial charge in [0.1, 0.15) is 6.29 Å². The minimum Gasteiger partial charge on any atom is -0.396 e. The highest BCUT2D eigenvalue weighted by Gasteiger charge is 2.55. The van der Waals surface area contributed by atoms with Crippen LogP contribution in [0, 0.1) is 28.6 Å². The van der Waals surface area contributed by atoms with Gasteiger partial charge in [0.05, 0.1) is 12.2 Å². The fourth-order valence-electron chi connectivity index (χ4n) is 6.57. The third kappa shape index (κ3) is 6.26. The van der Waals surface area contributed by atoms with Crippen LogP contribution < -0.4 is 0 Å². The molecule has 35 heavy (non-hydrogen) atoms. The van der Waals surface area contributed by atoms with Crippen LogP contribution in [-0.4, -0.2) is 40.4 Å². The van der Waals surface area contributed by atoms with Crippen molar-refractivity contribution < 1.29 is 20.1 Å². The van der Waals surface area contributed by atoms with E-state index in [0.717, 1.165) is 24.7 Å². The van der Waals surface area contributed by atoms with Crippen molar-refractivity contribution in [3.8, 4) is 0 Å². The Morgan fingerprint density at radius 1 is 1.20 bits per heavy atom. The molecular weight excluding hydrogens is 436 g/mol. The maximum atomic E-state index is 11.6. The highest BCUT2D eigenvalue weighted by molar-refractivity contribution is 5.74. The predicted molar refractivity (Wildman–Crippen MR) is 145 cm³/mol. The number of hydrogen-bond acceptors (Lipinski definition) is 4. The van der Waals surface area contributed by atoms with E-state index in [1.54, 1.807) is 0 Å². The molecule has 0 amide bonds. The molecule has 0 bridgehead atoms. The lowest BCUT2D eigenvalue weighted by Gasteiger charge is -2.54. The maximum Gasteiger partial charge on any atom is 0.145 e. The molecular formula is C31H50O4. The number of aliphatic hydroxyl groups excluding tert-OH is 2. The van der Waals surface area contributed by atoms with E-state index in [1.807, 2.05) is 13.8 Å².